The molecule has 1 unspecified atom stereocenters. The Hall–Kier alpha value is -1.82. The van der Waals surface area contributed by atoms with Gasteiger partial charge in [-0.1, -0.05) is 6.92 Å². The first-order valence-corrected chi connectivity index (χ1v) is 6.68. The number of aliphatic carboxylic acids is 1. The molecule has 0 fully saturated rings. The number of methoxy groups -OCH3 is 1. The molecule has 0 aliphatic rings. The van der Waals surface area contributed by atoms with Crippen molar-refractivity contribution in [1.29, 1.82) is 0 Å². The molecule has 1 rings (SSSR count). The van der Waals surface area contributed by atoms with Gasteiger partial charge in [-0.05, 0) is 25.5 Å². The molecule has 1 amide bonds. The number of carbonyl (C=O) groups excluding carboxylic acids is 1. The molecular formula is C14H22N2O4. The van der Waals surface area contributed by atoms with Crippen molar-refractivity contribution in [3.63, 3.8) is 0 Å². The Labute approximate surface area is 118 Å². The molecule has 112 valence electrons. The molecule has 1 heterocycles. The van der Waals surface area contributed by atoms with Gasteiger partial charge in [0.05, 0.1) is 6.61 Å². The van der Waals surface area contributed by atoms with Gasteiger partial charge in [-0.15, -0.1) is 0 Å². The lowest BCUT2D eigenvalue weighted by atomic mass is 10.2. The van der Waals surface area contributed by atoms with Crippen molar-refractivity contribution >= 4 is 11.9 Å². The first-order chi connectivity index (χ1) is 9.51. The monoisotopic (exact) mass is 282 g/mol. The lowest BCUT2D eigenvalue weighted by Crippen LogP contribution is -2.42. The zero-order chi connectivity index (χ0) is 15.1. The molecule has 6 heteroatoms. The van der Waals surface area contributed by atoms with Gasteiger partial charge in [0.2, 0.25) is 0 Å². The molecule has 0 saturated heterocycles. The van der Waals surface area contributed by atoms with Gasteiger partial charge in [-0.2, -0.15) is 0 Å². The molecule has 0 spiro atoms. The van der Waals surface area contributed by atoms with Crippen LogP contribution in [0.5, 0.6) is 0 Å². The summed E-state index contributed by atoms with van der Waals surface area (Å²) in [5.74, 6) is -1.27. The van der Waals surface area contributed by atoms with Gasteiger partial charge < -0.3 is 19.3 Å². The van der Waals surface area contributed by atoms with Gasteiger partial charge in [0.25, 0.3) is 5.91 Å². The summed E-state index contributed by atoms with van der Waals surface area (Å²) in [6, 6.07) is 3.36. The van der Waals surface area contributed by atoms with E-state index in [0.29, 0.717) is 25.3 Å². The maximum Gasteiger partial charge on any atom is 0.323 e. The SMILES string of the molecule is CCC(C)N(CC(=O)O)C(=O)c1cccn1CCOC. The number of nitrogens with zero attached hydrogens (tertiary/aromatic N) is 2. The van der Waals surface area contributed by atoms with E-state index in [-0.39, 0.29) is 18.5 Å². The molecule has 1 aromatic rings. The number of aromatic nitrogens is 1. The van der Waals surface area contributed by atoms with Gasteiger partial charge in [-0.3, -0.25) is 9.59 Å². The zero-order valence-corrected chi connectivity index (χ0v) is 12.2. The average molecular weight is 282 g/mol. The van der Waals surface area contributed by atoms with E-state index in [2.05, 4.69) is 0 Å². The highest BCUT2D eigenvalue weighted by Crippen LogP contribution is 2.12. The van der Waals surface area contributed by atoms with E-state index in [4.69, 9.17) is 9.84 Å². The molecule has 0 aliphatic heterocycles. The fourth-order valence-electron chi connectivity index (χ4n) is 1.93. The smallest absolute Gasteiger partial charge is 0.323 e. The number of ether oxygens (including phenoxy) is 1. The standard InChI is InChI=1S/C14H22N2O4/c1-4-11(2)16(10-13(17)18)14(19)12-6-5-7-15(12)8-9-20-3/h5-7,11H,4,8-10H2,1-3H3,(H,17,18). The molecule has 0 bridgehead atoms. The summed E-state index contributed by atoms with van der Waals surface area (Å²) < 4.78 is 6.78. The van der Waals surface area contributed by atoms with Crippen LogP contribution < -0.4 is 0 Å². The second-order valence-corrected chi connectivity index (χ2v) is 4.66. The zero-order valence-electron chi connectivity index (χ0n) is 12.2. The molecule has 1 aromatic heterocycles. The summed E-state index contributed by atoms with van der Waals surface area (Å²) in [6.07, 6.45) is 2.50. The van der Waals surface area contributed by atoms with Crippen LogP contribution in [0, 0.1) is 0 Å². The summed E-state index contributed by atoms with van der Waals surface area (Å²) in [5, 5.41) is 8.96. The molecular weight excluding hydrogens is 260 g/mol. The lowest BCUT2D eigenvalue weighted by molar-refractivity contribution is -0.138. The van der Waals surface area contributed by atoms with Crippen LogP contribution in [-0.4, -0.2) is 52.8 Å². The van der Waals surface area contributed by atoms with Crippen LogP contribution in [0.15, 0.2) is 18.3 Å². The van der Waals surface area contributed by atoms with Gasteiger partial charge in [0.1, 0.15) is 12.2 Å². The minimum atomic E-state index is -1.01. The topological polar surface area (TPSA) is 71.8 Å². The second kappa shape index (κ2) is 7.69. The molecule has 0 aliphatic carbocycles. The van der Waals surface area contributed by atoms with Crippen LogP contribution in [0.2, 0.25) is 0 Å². The van der Waals surface area contributed by atoms with Crippen LogP contribution in [0.4, 0.5) is 0 Å². The van der Waals surface area contributed by atoms with Crippen molar-refractivity contribution in [3.05, 3.63) is 24.0 Å². The molecule has 6 nitrogen and oxygen atoms in total. The van der Waals surface area contributed by atoms with E-state index in [9.17, 15) is 9.59 Å². The number of carboxylic acids is 1. The first kappa shape index (κ1) is 16.2. The predicted octanol–water partition coefficient (Wildman–Crippen LogP) is 1.46. The van der Waals surface area contributed by atoms with Crippen molar-refractivity contribution < 1.29 is 19.4 Å². The highest BCUT2D eigenvalue weighted by Gasteiger charge is 2.24. The number of hydrogen-bond donors (Lipinski definition) is 1. The fraction of sp³-hybridized carbons (Fsp3) is 0.571. The molecule has 0 aromatic carbocycles. The van der Waals surface area contributed by atoms with Gasteiger partial charge in [0.15, 0.2) is 0 Å². The number of rotatable bonds is 8. The Bertz CT molecular complexity index is 456. The third kappa shape index (κ3) is 4.09. The maximum atomic E-state index is 12.5. The number of carboxylic acid groups (broad SMARTS) is 1. The number of hydrogen-bond acceptors (Lipinski definition) is 3. The van der Waals surface area contributed by atoms with Crippen LogP contribution in [0.25, 0.3) is 0 Å². The fourth-order valence-corrected chi connectivity index (χ4v) is 1.93. The Balaban J connectivity index is 2.94. The number of carbonyl (C=O) groups is 2. The van der Waals surface area contributed by atoms with Crippen LogP contribution in [-0.2, 0) is 16.1 Å². The van der Waals surface area contributed by atoms with Gasteiger partial charge >= 0.3 is 5.97 Å². The average Bonchev–Trinajstić information content (AvgIpc) is 2.89. The molecule has 0 radical (unpaired) electrons. The largest absolute Gasteiger partial charge is 0.480 e. The van der Waals surface area contributed by atoms with E-state index in [1.165, 1.54) is 4.90 Å². The molecule has 1 atom stereocenters. The highest BCUT2D eigenvalue weighted by atomic mass is 16.5. The maximum absolute atomic E-state index is 12.5. The third-order valence-corrected chi connectivity index (χ3v) is 3.27. The van der Waals surface area contributed by atoms with E-state index in [0.717, 1.165) is 0 Å². The molecule has 20 heavy (non-hydrogen) atoms. The van der Waals surface area contributed by atoms with Crippen molar-refractivity contribution in [3.8, 4) is 0 Å². The third-order valence-electron chi connectivity index (χ3n) is 3.27. The van der Waals surface area contributed by atoms with Crippen LogP contribution in [0.1, 0.15) is 30.8 Å². The van der Waals surface area contributed by atoms with E-state index in [1.54, 1.807) is 30.0 Å². The first-order valence-electron chi connectivity index (χ1n) is 6.68. The van der Waals surface area contributed by atoms with Crippen molar-refractivity contribution in [2.24, 2.45) is 0 Å². The summed E-state index contributed by atoms with van der Waals surface area (Å²) in [4.78, 5) is 24.9. The second-order valence-electron chi connectivity index (χ2n) is 4.66. The van der Waals surface area contributed by atoms with E-state index < -0.39 is 5.97 Å². The minimum Gasteiger partial charge on any atom is -0.480 e. The quantitative estimate of drug-likeness (QED) is 0.783. The Morgan fingerprint density at radius 3 is 2.75 bits per heavy atom. The molecule has 1 N–H and O–H groups in total. The highest BCUT2D eigenvalue weighted by molar-refractivity contribution is 5.94. The van der Waals surface area contributed by atoms with Crippen LogP contribution >= 0.6 is 0 Å². The van der Waals surface area contributed by atoms with Crippen molar-refractivity contribution in [1.82, 2.24) is 9.47 Å². The summed E-state index contributed by atoms with van der Waals surface area (Å²) in [5.41, 5.74) is 0.489. The Kier molecular flexibility index (Phi) is 6.24. The normalized spacial score (nSPS) is 12.2. The lowest BCUT2D eigenvalue weighted by Gasteiger charge is -2.27. The van der Waals surface area contributed by atoms with Crippen molar-refractivity contribution in [2.75, 3.05) is 20.3 Å². The van der Waals surface area contributed by atoms with Crippen molar-refractivity contribution in [2.45, 2.75) is 32.9 Å². The Morgan fingerprint density at radius 2 is 2.20 bits per heavy atom. The van der Waals surface area contributed by atoms with Crippen LogP contribution in [0.3, 0.4) is 0 Å². The van der Waals surface area contributed by atoms with Gasteiger partial charge in [-0.25, -0.2) is 0 Å². The summed E-state index contributed by atoms with van der Waals surface area (Å²) in [6.45, 7) is 4.55. The minimum absolute atomic E-state index is 0.121. The van der Waals surface area contributed by atoms with E-state index in [1.807, 2.05) is 13.8 Å². The Morgan fingerprint density at radius 1 is 1.50 bits per heavy atom. The summed E-state index contributed by atoms with van der Waals surface area (Å²) in [7, 11) is 1.60. The number of amides is 1. The summed E-state index contributed by atoms with van der Waals surface area (Å²) >= 11 is 0. The van der Waals surface area contributed by atoms with E-state index >= 15 is 0 Å². The van der Waals surface area contributed by atoms with Gasteiger partial charge in [0, 0.05) is 25.9 Å². The predicted molar refractivity (Wildman–Crippen MR) is 74.7 cm³/mol. The molecule has 0 saturated carbocycles.